The molecule has 0 aliphatic rings. The summed E-state index contributed by atoms with van der Waals surface area (Å²) < 4.78 is 26.7. The molecule has 0 saturated carbocycles. The van der Waals surface area contributed by atoms with Crippen molar-refractivity contribution in [2.75, 3.05) is 6.61 Å². The van der Waals surface area contributed by atoms with Crippen LogP contribution >= 0.6 is 0 Å². The highest BCUT2D eigenvalue weighted by Crippen LogP contribution is 2.23. The second-order valence-electron chi connectivity index (χ2n) is 33.2. The number of aliphatic hydroxyl groups excluding tert-OH is 1. The van der Waals surface area contributed by atoms with Gasteiger partial charge in [0.2, 0.25) is 0 Å². The van der Waals surface area contributed by atoms with Crippen LogP contribution in [-0.2, 0) is 19.3 Å². The Labute approximate surface area is 677 Å². The lowest BCUT2D eigenvalue weighted by atomic mass is 9.96. The fourth-order valence-corrected chi connectivity index (χ4v) is 15.0. The molecule has 6 heteroatoms. The first-order valence-electron chi connectivity index (χ1n) is 48.0. The van der Waals surface area contributed by atoms with Crippen LogP contribution in [0, 0.1) is 11.8 Å². The summed E-state index contributed by atoms with van der Waals surface area (Å²) in [5.41, 5.74) is 1.43. The van der Waals surface area contributed by atoms with Crippen LogP contribution in [0.5, 0.6) is 0 Å². The quantitative estimate of drug-likeness (QED) is 0.0391. The maximum atomic E-state index is 9.46. The summed E-state index contributed by atoms with van der Waals surface area (Å²) in [6.07, 6.45) is 111. The molecule has 1 N–H and O–H groups in total. The van der Waals surface area contributed by atoms with E-state index in [1.165, 1.54) is 423 Å². The summed E-state index contributed by atoms with van der Waals surface area (Å²) in [5, 5.41) is 9.46. The summed E-state index contributed by atoms with van der Waals surface area (Å²) in [5.74, 6) is 6.37. The Morgan fingerprint density at radius 2 is 0.587 bits per heavy atom. The zero-order valence-electron chi connectivity index (χ0n) is 73.5. The lowest BCUT2D eigenvalue weighted by Gasteiger charge is -2.12. The number of hydrogen-bond acceptors (Lipinski definition) is 6. The Balaban J connectivity index is 0.000000682. The Morgan fingerprint density at radius 1 is 0.303 bits per heavy atom. The van der Waals surface area contributed by atoms with Crippen molar-refractivity contribution in [1.29, 1.82) is 0 Å². The van der Waals surface area contributed by atoms with Gasteiger partial charge < -0.3 is 27.2 Å². The molecule has 0 amide bonds. The molecule has 109 heavy (non-hydrogen) atoms. The van der Waals surface area contributed by atoms with Crippen LogP contribution in [0.15, 0.2) is 126 Å². The monoisotopic (exact) mass is 1520 g/mol. The van der Waals surface area contributed by atoms with E-state index in [0.717, 1.165) is 60.4 Å². The van der Waals surface area contributed by atoms with Crippen LogP contribution in [-0.4, -0.2) is 11.7 Å². The number of furan rings is 5. The molecule has 5 rings (SSSR count). The minimum atomic E-state index is 0.277. The summed E-state index contributed by atoms with van der Waals surface area (Å²) in [6.45, 7) is 16.3. The summed E-state index contributed by atoms with van der Waals surface area (Å²) in [4.78, 5) is 0. The fourth-order valence-electron chi connectivity index (χ4n) is 15.0. The van der Waals surface area contributed by atoms with Gasteiger partial charge in [0.25, 0.3) is 0 Å². The van der Waals surface area contributed by atoms with E-state index in [1.54, 1.807) is 31.3 Å². The van der Waals surface area contributed by atoms with Crippen molar-refractivity contribution >= 4 is 12.2 Å². The molecule has 2 atom stereocenters. The maximum absolute atomic E-state index is 9.46. The molecule has 0 bridgehead atoms. The Kier molecular flexibility index (Phi) is 81.4. The lowest BCUT2D eigenvalue weighted by Crippen LogP contribution is -2.09. The molecule has 5 aromatic heterocycles. The van der Waals surface area contributed by atoms with Crippen LogP contribution in [0.4, 0.5) is 0 Å². The molecule has 0 aliphatic carbocycles. The van der Waals surface area contributed by atoms with Crippen molar-refractivity contribution in [2.45, 2.75) is 492 Å². The number of aliphatic hydroxyl groups is 1. The number of allylic oxidation sites excluding steroid dienone is 2. The molecule has 0 saturated heterocycles. The van der Waals surface area contributed by atoms with Crippen LogP contribution in [0.1, 0.15) is 501 Å². The fraction of sp³-hybridized carbons (Fsp3) is 0.767. The van der Waals surface area contributed by atoms with Crippen molar-refractivity contribution in [3.05, 3.63) is 132 Å². The number of hydrogen-bond donors (Lipinski definition) is 1. The van der Waals surface area contributed by atoms with E-state index in [-0.39, 0.29) is 6.61 Å². The van der Waals surface area contributed by atoms with Gasteiger partial charge in [-0.05, 0) is 130 Å². The Hall–Kier alpha value is -4.16. The standard InChI is InChI=1S/C21H38O2.C21H38O.C21H36O.C20H36O.C20H34O/c1-2-3-4-5-6-7-8-9-10-11-12-13-15-20(19-22)18-21-16-14-17-23-21;2*1-3-4-5-6-7-8-9-10-11-12-13-14-16-20(2)19-21-17-15-18-22-21;2*1-2-3-4-5-6-7-8-9-10-11-12-13-14-15-17-20-18-16-19-21-20/h14,16-17,20,22H,2-13,15,18-19H2,1H3;15,17-18,20H,3-14,16,19H2,1-2H3;15,17-19H,3-14,16H2,1-2H3;16,18-19H,2-15,17H2,1H3;15-19H,2-14H2,1H3/b;;20-19-;;17-15-. The van der Waals surface area contributed by atoms with Gasteiger partial charge in [-0.1, -0.05) is 438 Å². The third kappa shape index (κ3) is 76.3. The van der Waals surface area contributed by atoms with Gasteiger partial charge in [-0.15, -0.1) is 0 Å². The largest absolute Gasteiger partial charge is 0.469 e. The van der Waals surface area contributed by atoms with Gasteiger partial charge in [-0.3, -0.25) is 0 Å². The summed E-state index contributed by atoms with van der Waals surface area (Å²) >= 11 is 0. The molecule has 0 aliphatic heterocycles. The van der Waals surface area contributed by atoms with Crippen LogP contribution < -0.4 is 0 Å². The first-order valence-corrected chi connectivity index (χ1v) is 48.0. The predicted molar refractivity (Wildman–Crippen MR) is 480 cm³/mol. The van der Waals surface area contributed by atoms with Crippen molar-refractivity contribution in [2.24, 2.45) is 11.8 Å². The average Bonchev–Trinajstić information content (AvgIpc) is 1.88. The molecular weight excluding hydrogens is 1330 g/mol. The molecule has 6 nitrogen and oxygen atoms in total. The maximum Gasteiger partial charge on any atom is 0.126 e. The van der Waals surface area contributed by atoms with E-state index in [0.29, 0.717) is 5.92 Å². The summed E-state index contributed by atoms with van der Waals surface area (Å²) in [6, 6.07) is 20.0. The highest BCUT2D eigenvalue weighted by Gasteiger charge is 2.11. The number of rotatable bonds is 74. The highest BCUT2D eigenvalue weighted by molar-refractivity contribution is 5.46. The van der Waals surface area contributed by atoms with Gasteiger partial charge in [0.15, 0.2) is 0 Å². The molecule has 0 radical (unpaired) electrons. The molecule has 0 aromatic carbocycles. The van der Waals surface area contributed by atoms with Gasteiger partial charge in [-0.2, -0.15) is 0 Å². The molecule has 630 valence electrons. The minimum absolute atomic E-state index is 0.277. The predicted octanol–water partition coefficient (Wildman–Crippen LogP) is 36.5. The van der Waals surface area contributed by atoms with Crippen LogP contribution in [0.3, 0.4) is 0 Å². The first kappa shape index (κ1) is 103. The van der Waals surface area contributed by atoms with Crippen molar-refractivity contribution < 1.29 is 27.2 Å². The zero-order valence-corrected chi connectivity index (χ0v) is 73.5. The molecule has 0 fully saturated rings. The van der Waals surface area contributed by atoms with E-state index in [1.807, 2.05) is 48.5 Å². The smallest absolute Gasteiger partial charge is 0.126 e. The Bertz CT molecular complexity index is 2410. The SMILES string of the molecule is CCCCCCCCCCCCCC/C(C)=C\c1ccco1.CCCCCCCCCCCCCC/C=C\c1ccco1.CCCCCCCCCCCCCCC(C)Cc1ccco1.CCCCCCCCCCCCCCC(CO)Cc1ccco1.CCCCCCCCCCCCCCCCc1ccco1. The van der Waals surface area contributed by atoms with E-state index in [4.69, 9.17) is 22.1 Å². The minimum Gasteiger partial charge on any atom is -0.469 e. The average molecular weight is 1520 g/mol. The van der Waals surface area contributed by atoms with Gasteiger partial charge in [0, 0.05) is 25.9 Å². The second-order valence-corrected chi connectivity index (χ2v) is 33.2. The van der Waals surface area contributed by atoms with Crippen molar-refractivity contribution in [1.82, 2.24) is 0 Å². The zero-order chi connectivity index (χ0) is 78.4. The van der Waals surface area contributed by atoms with Crippen molar-refractivity contribution in [3.8, 4) is 0 Å². The number of aryl methyl sites for hydroxylation is 1. The van der Waals surface area contributed by atoms with E-state index in [9.17, 15) is 5.11 Å². The second kappa shape index (κ2) is 86.3. The number of unbranched alkanes of at least 4 members (excludes halogenated alkanes) is 58. The normalized spacial score (nSPS) is 12.0. The summed E-state index contributed by atoms with van der Waals surface area (Å²) in [7, 11) is 0. The van der Waals surface area contributed by atoms with Gasteiger partial charge in [-0.25, -0.2) is 0 Å². The Morgan fingerprint density at radius 3 is 0.917 bits per heavy atom. The van der Waals surface area contributed by atoms with Gasteiger partial charge in [0.1, 0.15) is 28.8 Å². The van der Waals surface area contributed by atoms with Gasteiger partial charge in [0.05, 0.1) is 31.3 Å². The third-order valence-electron chi connectivity index (χ3n) is 22.2. The van der Waals surface area contributed by atoms with E-state index in [2.05, 4.69) is 78.8 Å². The van der Waals surface area contributed by atoms with E-state index < -0.39 is 0 Å². The molecule has 5 heterocycles. The topological polar surface area (TPSA) is 85.9 Å². The molecule has 2 unspecified atom stereocenters. The lowest BCUT2D eigenvalue weighted by molar-refractivity contribution is 0.208. The first-order chi connectivity index (χ1) is 53.9. The molecule has 5 aromatic rings. The molecule has 0 spiro atoms. The highest BCUT2D eigenvalue weighted by atomic mass is 16.3. The van der Waals surface area contributed by atoms with Crippen LogP contribution in [0.2, 0.25) is 0 Å². The third-order valence-corrected chi connectivity index (χ3v) is 22.2. The van der Waals surface area contributed by atoms with Crippen LogP contribution in [0.25, 0.3) is 12.2 Å². The van der Waals surface area contributed by atoms with E-state index >= 15 is 0 Å². The van der Waals surface area contributed by atoms with Crippen molar-refractivity contribution in [3.63, 3.8) is 0 Å². The van der Waals surface area contributed by atoms with Gasteiger partial charge >= 0.3 is 0 Å². The molecular formula is C103H182O6.